The normalized spacial score (nSPS) is 11.6. The van der Waals surface area contributed by atoms with E-state index >= 15 is 0 Å². The van der Waals surface area contributed by atoms with Crippen LogP contribution in [-0.2, 0) is 10.0 Å². The molecule has 0 aliphatic heterocycles. The van der Waals surface area contributed by atoms with E-state index in [0.29, 0.717) is 28.2 Å². The predicted octanol–water partition coefficient (Wildman–Crippen LogP) is 5.75. The first-order valence-electron chi connectivity index (χ1n) is 11.1. The number of nitro benzene ring substituents is 1. The summed E-state index contributed by atoms with van der Waals surface area (Å²) in [6.45, 7) is 5.34. The molecule has 38 heavy (non-hydrogen) atoms. The van der Waals surface area contributed by atoms with Crippen LogP contribution in [0.4, 0.5) is 21.5 Å². The number of hydrogen-bond donors (Lipinski definition) is 2. The van der Waals surface area contributed by atoms with Gasteiger partial charge in [0.2, 0.25) is 0 Å². The number of anilines is 2. The molecule has 4 aromatic rings. The molecule has 0 atom stereocenters. The fourth-order valence-electron chi connectivity index (χ4n) is 3.63. The Morgan fingerprint density at radius 3 is 2.39 bits per heavy atom. The molecular weight excluding hydrogens is 535 g/mol. The van der Waals surface area contributed by atoms with Gasteiger partial charge in [0, 0.05) is 6.07 Å². The van der Waals surface area contributed by atoms with Crippen molar-refractivity contribution in [2.24, 2.45) is 5.10 Å². The second-order valence-electron chi connectivity index (χ2n) is 8.41. The number of nitrogens with zero attached hydrogens (tertiary/aromatic N) is 4. The molecule has 0 spiro atoms. The van der Waals surface area contributed by atoms with E-state index in [2.05, 4.69) is 20.3 Å². The molecule has 0 amide bonds. The molecule has 13 heteroatoms. The van der Waals surface area contributed by atoms with Gasteiger partial charge >= 0.3 is 0 Å². The second kappa shape index (κ2) is 10.6. The summed E-state index contributed by atoms with van der Waals surface area (Å²) in [5.41, 5.74) is 5.58. The van der Waals surface area contributed by atoms with Gasteiger partial charge in [-0.25, -0.2) is 17.5 Å². The highest BCUT2D eigenvalue weighted by Crippen LogP contribution is 2.29. The lowest BCUT2D eigenvalue weighted by atomic mass is 10.1. The average molecular weight is 557 g/mol. The first kappa shape index (κ1) is 26.8. The van der Waals surface area contributed by atoms with E-state index in [1.165, 1.54) is 47.3 Å². The standard InChI is InChI=1S/C25H22ClFN6O4S/c1-15-4-10-22(16(2)12-15)31-38(36,37)20-9-11-23(24(13-20)33(34)35)29-28-14-21-17(3)30-32(25(21)26)19-7-5-18(27)6-8-19/h4-14,29,31H,1-3H3/b28-14+. The summed E-state index contributed by atoms with van der Waals surface area (Å²) in [6.07, 6.45) is 1.33. The molecule has 0 aliphatic carbocycles. The first-order valence-corrected chi connectivity index (χ1v) is 13.0. The monoisotopic (exact) mass is 556 g/mol. The van der Waals surface area contributed by atoms with Gasteiger partial charge in [0.15, 0.2) is 0 Å². The van der Waals surface area contributed by atoms with Gasteiger partial charge in [0.05, 0.1) is 38.7 Å². The molecular formula is C25H22ClFN6O4S. The van der Waals surface area contributed by atoms with E-state index in [1.54, 1.807) is 26.0 Å². The van der Waals surface area contributed by atoms with E-state index in [1.807, 2.05) is 13.0 Å². The molecule has 0 fully saturated rings. The molecule has 1 aromatic heterocycles. The second-order valence-corrected chi connectivity index (χ2v) is 10.4. The number of sulfonamides is 1. The summed E-state index contributed by atoms with van der Waals surface area (Å²) < 4.78 is 42.9. The Balaban J connectivity index is 1.58. The Kier molecular flexibility index (Phi) is 7.46. The fraction of sp³-hybridized carbons (Fsp3) is 0.120. The fourth-order valence-corrected chi connectivity index (χ4v) is 5.10. The first-order chi connectivity index (χ1) is 18.0. The van der Waals surface area contributed by atoms with Crippen molar-refractivity contribution >= 4 is 44.9 Å². The molecule has 0 unspecified atom stereocenters. The quantitative estimate of drug-likeness (QED) is 0.161. The van der Waals surface area contributed by atoms with E-state index in [0.717, 1.165) is 11.6 Å². The van der Waals surface area contributed by atoms with Crippen molar-refractivity contribution < 1.29 is 17.7 Å². The zero-order valence-corrected chi connectivity index (χ0v) is 22.0. The zero-order chi connectivity index (χ0) is 27.6. The Labute approximate surface area is 223 Å². The molecule has 0 saturated heterocycles. The van der Waals surface area contributed by atoms with Crippen LogP contribution in [0.25, 0.3) is 5.69 Å². The van der Waals surface area contributed by atoms with Crippen LogP contribution in [0.1, 0.15) is 22.4 Å². The third-order valence-corrected chi connectivity index (χ3v) is 7.33. The van der Waals surface area contributed by atoms with Crippen molar-refractivity contribution in [2.75, 3.05) is 10.1 Å². The van der Waals surface area contributed by atoms with Gasteiger partial charge in [-0.3, -0.25) is 20.3 Å². The minimum Gasteiger partial charge on any atom is -0.279 e. The van der Waals surface area contributed by atoms with Crippen LogP contribution in [0.2, 0.25) is 5.15 Å². The lowest BCUT2D eigenvalue weighted by Gasteiger charge is -2.12. The number of rotatable bonds is 8. The summed E-state index contributed by atoms with van der Waals surface area (Å²) in [4.78, 5) is 10.7. The topological polar surface area (TPSA) is 132 Å². The largest absolute Gasteiger partial charge is 0.295 e. The van der Waals surface area contributed by atoms with Gasteiger partial charge < -0.3 is 0 Å². The molecule has 0 radical (unpaired) electrons. The van der Waals surface area contributed by atoms with Crippen molar-refractivity contribution in [1.29, 1.82) is 0 Å². The number of nitro groups is 1. The summed E-state index contributed by atoms with van der Waals surface area (Å²) in [7, 11) is -4.10. The summed E-state index contributed by atoms with van der Waals surface area (Å²) in [5, 5.41) is 20.3. The van der Waals surface area contributed by atoms with Crippen molar-refractivity contribution in [3.63, 3.8) is 0 Å². The minimum absolute atomic E-state index is 0.0311. The Hall–Kier alpha value is -4.29. The maximum Gasteiger partial charge on any atom is 0.295 e. The highest BCUT2D eigenvalue weighted by Gasteiger charge is 2.22. The van der Waals surface area contributed by atoms with Crippen LogP contribution in [0.15, 0.2) is 70.7 Å². The van der Waals surface area contributed by atoms with Gasteiger partial charge in [0.25, 0.3) is 15.7 Å². The van der Waals surface area contributed by atoms with Crippen molar-refractivity contribution in [1.82, 2.24) is 9.78 Å². The van der Waals surface area contributed by atoms with Crippen LogP contribution in [-0.4, -0.2) is 29.3 Å². The third kappa shape index (κ3) is 5.66. The number of benzene rings is 3. The van der Waals surface area contributed by atoms with Crippen molar-refractivity contribution in [2.45, 2.75) is 25.7 Å². The lowest BCUT2D eigenvalue weighted by Crippen LogP contribution is -2.14. The maximum atomic E-state index is 13.2. The molecule has 2 N–H and O–H groups in total. The van der Waals surface area contributed by atoms with Crippen molar-refractivity contribution in [3.8, 4) is 5.69 Å². The number of hydrazone groups is 1. The highest BCUT2D eigenvalue weighted by atomic mass is 35.5. The molecule has 10 nitrogen and oxygen atoms in total. The Morgan fingerprint density at radius 1 is 1.05 bits per heavy atom. The van der Waals surface area contributed by atoms with E-state index in [4.69, 9.17) is 11.6 Å². The van der Waals surface area contributed by atoms with Gasteiger partial charge in [0.1, 0.15) is 16.7 Å². The lowest BCUT2D eigenvalue weighted by molar-refractivity contribution is -0.384. The predicted molar refractivity (Wildman–Crippen MR) is 144 cm³/mol. The van der Waals surface area contributed by atoms with Crippen LogP contribution in [0, 0.1) is 36.7 Å². The van der Waals surface area contributed by atoms with E-state index < -0.39 is 26.5 Å². The smallest absolute Gasteiger partial charge is 0.279 e. The van der Waals surface area contributed by atoms with Gasteiger partial charge in [-0.05, 0) is 68.8 Å². The third-order valence-electron chi connectivity index (χ3n) is 5.60. The number of aryl methyl sites for hydroxylation is 3. The molecule has 4 rings (SSSR count). The maximum absolute atomic E-state index is 13.2. The Morgan fingerprint density at radius 2 is 1.74 bits per heavy atom. The van der Waals surface area contributed by atoms with E-state index in [9.17, 15) is 22.9 Å². The van der Waals surface area contributed by atoms with Gasteiger partial charge in [-0.2, -0.15) is 10.2 Å². The SMILES string of the molecule is Cc1ccc(NS(=O)(=O)c2ccc(N/N=C/c3c(C)nn(-c4ccc(F)cc4)c3Cl)c([N+](=O)[O-])c2)c(C)c1. The van der Waals surface area contributed by atoms with Crippen LogP contribution in [0.3, 0.4) is 0 Å². The number of aromatic nitrogens is 2. The molecule has 196 valence electrons. The summed E-state index contributed by atoms with van der Waals surface area (Å²) in [6, 6.07) is 14.2. The molecule has 0 bridgehead atoms. The summed E-state index contributed by atoms with van der Waals surface area (Å²) >= 11 is 6.43. The van der Waals surface area contributed by atoms with Crippen molar-refractivity contribution in [3.05, 3.63) is 104 Å². The highest BCUT2D eigenvalue weighted by molar-refractivity contribution is 7.92. The minimum atomic E-state index is -4.10. The zero-order valence-electron chi connectivity index (χ0n) is 20.4. The molecule has 0 saturated carbocycles. The number of hydrogen-bond acceptors (Lipinski definition) is 7. The molecule has 1 heterocycles. The summed E-state index contributed by atoms with van der Waals surface area (Å²) in [5.74, 6) is -0.402. The number of halogens is 2. The van der Waals surface area contributed by atoms with Crippen LogP contribution in [0.5, 0.6) is 0 Å². The molecule has 3 aromatic carbocycles. The van der Waals surface area contributed by atoms with E-state index in [-0.39, 0.29) is 15.7 Å². The van der Waals surface area contributed by atoms with Gasteiger partial charge in [-0.1, -0.05) is 29.3 Å². The average Bonchev–Trinajstić information content (AvgIpc) is 3.14. The van der Waals surface area contributed by atoms with Crippen LogP contribution >= 0.6 is 11.6 Å². The van der Waals surface area contributed by atoms with Crippen LogP contribution < -0.4 is 10.1 Å². The molecule has 0 aliphatic rings. The number of nitrogens with one attached hydrogen (secondary N) is 2. The Bertz CT molecular complexity index is 1670. The van der Waals surface area contributed by atoms with Gasteiger partial charge in [-0.15, -0.1) is 0 Å².